The largest absolute Gasteiger partial charge is 0.369 e. The number of benzene rings is 2. The van der Waals surface area contributed by atoms with Gasteiger partial charge in [0.2, 0.25) is 5.91 Å². The second kappa shape index (κ2) is 8.64. The third-order valence-electron chi connectivity index (χ3n) is 4.62. The van der Waals surface area contributed by atoms with Gasteiger partial charge >= 0.3 is 0 Å². The van der Waals surface area contributed by atoms with E-state index in [1.807, 2.05) is 12.1 Å². The van der Waals surface area contributed by atoms with Gasteiger partial charge in [0.25, 0.3) is 0 Å². The quantitative estimate of drug-likeness (QED) is 0.804. The number of anilines is 1. The van der Waals surface area contributed by atoms with Crippen molar-refractivity contribution < 1.29 is 9.18 Å². The molecule has 1 saturated heterocycles. The molecule has 3 rings (SSSR count). The molecule has 6 heteroatoms. The molecule has 0 bridgehead atoms. The normalized spacial score (nSPS) is 15.1. The smallest absolute Gasteiger partial charge is 0.217 e. The maximum absolute atomic E-state index is 13.1. The first-order valence-electron chi connectivity index (χ1n) is 8.76. The molecular formula is C20H23BrFN3O. The number of piperazine rings is 1. The Hall–Kier alpha value is -1.92. The first kappa shape index (κ1) is 18.9. The molecule has 0 aromatic heterocycles. The Bertz CT molecular complexity index is 758. The van der Waals surface area contributed by atoms with Crippen LogP contribution >= 0.6 is 15.9 Å². The average molecular weight is 420 g/mol. The summed E-state index contributed by atoms with van der Waals surface area (Å²) in [7, 11) is 0. The number of nitrogens with zero attached hydrogens (tertiary/aromatic N) is 2. The molecule has 1 fully saturated rings. The van der Waals surface area contributed by atoms with E-state index in [1.165, 1.54) is 24.6 Å². The van der Waals surface area contributed by atoms with Crippen molar-refractivity contribution in [3.63, 3.8) is 0 Å². The van der Waals surface area contributed by atoms with Crippen molar-refractivity contribution in [2.75, 3.05) is 31.1 Å². The van der Waals surface area contributed by atoms with Crippen molar-refractivity contribution in [2.45, 2.75) is 20.0 Å². The summed E-state index contributed by atoms with van der Waals surface area (Å²) >= 11 is 3.60. The van der Waals surface area contributed by atoms with E-state index < -0.39 is 0 Å². The zero-order valence-electron chi connectivity index (χ0n) is 14.8. The van der Waals surface area contributed by atoms with E-state index in [-0.39, 0.29) is 11.7 Å². The molecule has 138 valence electrons. The summed E-state index contributed by atoms with van der Waals surface area (Å²) in [6, 6.07) is 13.0. The maximum atomic E-state index is 13.1. The van der Waals surface area contributed by atoms with Crippen LogP contribution in [0.15, 0.2) is 46.9 Å². The van der Waals surface area contributed by atoms with E-state index in [1.54, 1.807) is 0 Å². The highest BCUT2D eigenvalue weighted by atomic mass is 79.9. The van der Waals surface area contributed by atoms with Gasteiger partial charge in [-0.05, 0) is 41.5 Å². The molecule has 1 amide bonds. The van der Waals surface area contributed by atoms with Crippen LogP contribution < -0.4 is 10.2 Å². The molecule has 0 radical (unpaired) electrons. The van der Waals surface area contributed by atoms with Crippen molar-refractivity contribution in [3.8, 4) is 0 Å². The van der Waals surface area contributed by atoms with Crippen LogP contribution in [0.25, 0.3) is 0 Å². The molecule has 0 atom stereocenters. The average Bonchev–Trinajstić information content (AvgIpc) is 2.62. The van der Waals surface area contributed by atoms with E-state index in [0.717, 1.165) is 48.4 Å². The lowest BCUT2D eigenvalue weighted by Crippen LogP contribution is -2.45. The maximum Gasteiger partial charge on any atom is 0.217 e. The molecule has 0 unspecified atom stereocenters. The number of nitrogens with one attached hydrogen (secondary N) is 1. The number of hydrogen-bond donors (Lipinski definition) is 1. The molecular weight excluding hydrogens is 397 g/mol. The topological polar surface area (TPSA) is 35.6 Å². The summed E-state index contributed by atoms with van der Waals surface area (Å²) in [5.41, 5.74) is 3.40. The minimum atomic E-state index is -0.195. The monoisotopic (exact) mass is 419 g/mol. The molecule has 2 aromatic rings. The fourth-order valence-electron chi connectivity index (χ4n) is 3.13. The summed E-state index contributed by atoms with van der Waals surface area (Å²) in [6.07, 6.45) is 0. The molecule has 0 saturated carbocycles. The summed E-state index contributed by atoms with van der Waals surface area (Å²) in [5, 5.41) is 2.82. The molecule has 1 aliphatic rings. The standard InChI is InChI=1S/C20H23BrFN3O/c1-15(26)23-13-17-3-2-16(12-20(17)21)14-24-8-10-25(11-9-24)19-6-4-18(22)5-7-19/h2-7,12H,8-11,13-14H2,1H3,(H,23,26). The predicted octanol–water partition coefficient (Wildman–Crippen LogP) is 3.55. The Morgan fingerprint density at radius 3 is 2.42 bits per heavy atom. The van der Waals surface area contributed by atoms with E-state index in [4.69, 9.17) is 0 Å². The van der Waals surface area contributed by atoms with E-state index in [2.05, 4.69) is 49.2 Å². The first-order valence-corrected chi connectivity index (χ1v) is 9.55. The first-order chi connectivity index (χ1) is 12.5. The molecule has 1 aliphatic heterocycles. The van der Waals surface area contributed by atoms with Gasteiger partial charge < -0.3 is 10.2 Å². The SMILES string of the molecule is CC(=O)NCc1ccc(CN2CCN(c3ccc(F)cc3)CC2)cc1Br. The molecule has 0 spiro atoms. The Morgan fingerprint density at radius 1 is 1.12 bits per heavy atom. The van der Waals surface area contributed by atoms with Crippen LogP contribution in [-0.4, -0.2) is 37.0 Å². The molecule has 4 nitrogen and oxygen atoms in total. The van der Waals surface area contributed by atoms with Gasteiger partial charge in [-0.3, -0.25) is 9.69 Å². The van der Waals surface area contributed by atoms with Gasteiger partial charge in [0, 0.05) is 56.4 Å². The van der Waals surface area contributed by atoms with Gasteiger partial charge in [0.1, 0.15) is 5.82 Å². The van der Waals surface area contributed by atoms with E-state index in [9.17, 15) is 9.18 Å². The van der Waals surface area contributed by atoms with Gasteiger partial charge in [-0.25, -0.2) is 4.39 Å². The lowest BCUT2D eigenvalue weighted by molar-refractivity contribution is -0.119. The van der Waals surface area contributed by atoms with Gasteiger partial charge in [-0.1, -0.05) is 28.1 Å². The van der Waals surface area contributed by atoms with Crippen molar-refractivity contribution in [3.05, 3.63) is 63.9 Å². The highest BCUT2D eigenvalue weighted by Crippen LogP contribution is 2.21. The van der Waals surface area contributed by atoms with Crippen molar-refractivity contribution in [1.29, 1.82) is 0 Å². The number of carbonyl (C=O) groups is 1. The van der Waals surface area contributed by atoms with Gasteiger partial charge in [-0.2, -0.15) is 0 Å². The van der Waals surface area contributed by atoms with Crippen molar-refractivity contribution >= 4 is 27.5 Å². The lowest BCUT2D eigenvalue weighted by Gasteiger charge is -2.36. The predicted molar refractivity (Wildman–Crippen MR) is 106 cm³/mol. The minimum Gasteiger partial charge on any atom is -0.369 e. The van der Waals surface area contributed by atoms with Crippen LogP contribution in [-0.2, 0) is 17.9 Å². The molecule has 1 N–H and O–H groups in total. The van der Waals surface area contributed by atoms with Crippen LogP contribution in [0, 0.1) is 5.82 Å². The van der Waals surface area contributed by atoms with Crippen LogP contribution in [0.3, 0.4) is 0 Å². The summed E-state index contributed by atoms with van der Waals surface area (Å²) in [6.45, 7) is 6.78. The van der Waals surface area contributed by atoms with E-state index >= 15 is 0 Å². The van der Waals surface area contributed by atoms with Crippen molar-refractivity contribution in [1.82, 2.24) is 10.2 Å². The van der Waals surface area contributed by atoms with Crippen LogP contribution in [0.5, 0.6) is 0 Å². The zero-order valence-corrected chi connectivity index (χ0v) is 16.4. The number of halogens is 2. The lowest BCUT2D eigenvalue weighted by atomic mass is 10.1. The number of carbonyl (C=O) groups excluding carboxylic acids is 1. The van der Waals surface area contributed by atoms with Crippen LogP contribution in [0.1, 0.15) is 18.1 Å². The Labute approximate surface area is 162 Å². The van der Waals surface area contributed by atoms with Gasteiger partial charge in [-0.15, -0.1) is 0 Å². The molecule has 26 heavy (non-hydrogen) atoms. The van der Waals surface area contributed by atoms with Gasteiger partial charge in [0.15, 0.2) is 0 Å². The van der Waals surface area contributed by atoms with Gasteiger partial charge in [0.05, 0.1) is 0 Å². The summed E-state index contributed by atoms with van der Waals surface area (Å²) in [4.78, 5) is 15.8. The Morgan fingerprint density at radius 2 is 1.81 bits per heavy atom. The third-order valence-corrected chi connectivity index (χ3v) is 5.35. The Balaban J connectivity index is 1.53. The number of amides is 1. The fraction of sp³-hybridized carbons (Fsp3) is 0.350. The zero-order chi connectivity index (χ0) is 18.5. The number of rotatable bonds is 5. The Kier molecular flexibility index (Phi) is 6.27. The second-order valence-corrected chi connectivity index (χ2v) is 7.43. The number of hydrogen-bond acceptors (Lipinski definition) is 3. The van der Waals surface area contributed by atoms with Crippen LogP contribution in [0.2, 0.25) is 0 Å². The highest BCUT2D eigenvalue weighted by Gasteiger charge is 2.17. The van der Waals surface area contributed by atoms with E-state index in [0.29, 0.717) is 6.54 Å². The summed E-state index contributed by atoms with van der Waals surface area (Å²) < 4.78 is 14.1. The third kappa shape index (κ3) is 5.05. The fourth-order valence-corrected chi connectivity index (χ4v) is 3.69. The summed E-state index contributed by atoms with van der Waals surface area (Å²) in [5.74, 6) is -0.222. The second-order valence-electron chi connectivity index (χ2n) is 6.58. The van der Waals surface area contributed by atoms with Crippen molar-refractivity contribution in [2.24, 2.45) is 0 Å². The molecule has 0 aliphatic carbocycles. The van der Waals surface area contributed by atoms with Crippen LogP contribution in [0.4, 0.5) is 10.1 Å². The minimum absolute atomic E-state index is 0.0278. The highest BCUT2D eigenvalue weighted by molar-refractivity contribution is 9.10. The molecule has 2 aromatic carbocycles. The molecule has 1 heterocycles.